The van der Waals surface area contributed by atoms with Gasteiger partial charge in [0.05, 0.1) is 13.1 Å². The van der Waals surface area contributed by atoms with Crippen LogP contribution in [0.3, 0.4) is 0 Å². The molecular formula is C38H78N6O2. The van der Waals surface area contributed by atoms with Crippen LogP contribution in [0.25, 0.3) is 0 Å². The van der Waals surface area contributed by atoms with Crippen molar-refractivity contribution in [1.29, 1.82) is 0 Å². The van der Waals surface area contributed by atoms with Gasteiger partial charge in [0.1, 0.15) is 0 Å². The number of carbonyl (C=O) groups excluding carboxylic acids is 2. The number of amides is 2. The van der Waals surface area contributed by atoms with Gasteiger partial charge >= 0.3 is 0 Å². The van der Waals surface area contributed by atoms with Gasteiger partial charge in [-0.25, -0.2) is 0 Å². The lowest BCUT2D eigenvalue weighted by atomic mass is 10.1. The summed E-state index contributed by atoms with van der Waals surface area (Å²) in [4.78, 5) is 35.2. The number of hydrogen-bond donors (Lipinski definition) is 2. The SMILES string of the molecule is CCCCCCN(CCCCCC)CC(=O)NCCCN1CCN(CCCNC(=O)CN(CCCCCC)CCCCCC)CC1. The Bertz CT molecular complexity index is 619. The molecule has 8 heteroatoms. The van der Waals surface area contributed by atoms with Crippen molar-refractivity contribution in [3.05, 3.63) is 0 Å². The van der Waals surface area contributed by atoms with Crippen LogP contribution in [0.2, 0.25) is 0 Å². The highest BCUT2D eigenvalue weighted by molar-refractivity contribution is 5.78. The quantitative estimate of drug-likeness (QED) is 0.0806. The highest BCUT2D eigenvalue weighted by atomic mass is 16.2. The second-order valence-electron chi connectivity index (χ2n) is 13.9. The molecule has 0 aliphatic carbocycles. The second kappa shape index (κ2) is 31.1. The molecule has 1 fully saturated rings. The summed E-state index contributed by atoms with van der Waals surface area (Å²) in [7, 11) is 0. The van der Waals surface area contributed by atoms with E-state index in [2.05, 4.69) is 57.9 Å². The van der Waals surface area contributed by atoms with E-state index in [1.807, 2.05) is 0 Å². The van der Waals surface area contributed by atoms with Crippen molar-refractivity contribution in [2.75, 3.05) is 91.6 Å². The monoisotopic (exact) mass is 651 g/mol. The maximum Gasteiger partial charge on any atom is 0.234 e. The van der Waals surface area contributed by atoms with Crippen molar-refractivity contribution in [3.8, 4) is 0 Å². The van der Waals surface area contributed by atoms with Crippen molar-refractivity contribution in [3.63, 3.8) is 0 Å². The molecule has 0 unspecified atom stereocenters. The van der Waals surface area contributed by atoms with E-state index < -0.39 is 0 Å². The van der Waals surface area contributed by atoms with Gasteiger partial charge in [0.25, 0.3) is 0 Å². The molecule has 0 aromatic carbocycles. The zero-order valence-electron chi connectivity index (χ0n) is 31.2. The first-order chi connectivity index (χ1) is 22.5. The standard InChI is InChI=1S/C38H78N6O2/c1-5-9-13-17-25-43(26-18-14-10-6-2)35-37(45)39-23-21-29-41-31-33-42(34-32-41)30-22-24-40-38(46)36-44(27-19-15-11-7-3)28-20-16-12-8-4/h5-36H2,1-4H3,(H,39,45)(H,40,46). The third-order valence-corrected chi connectivity index (χ3v) is 9.46. The van der Waals surface area contributed by atoms with Crippen LogP contribution in [-0.2, 0) is 9.59 Å². The minimum atomic E-state index is 0.189. The number of hydrogen-bond acceptors (Lipinski definition) is 6. The van der Waals surface area contributed by atoms with E-state index in [1.54, 1.807) is 0 Å². The summed E-state index contributed by atoms with van der Waals surface area (Å²) < 4.78 is 0. The molecule has 0 radical (unpaired) electrons. The predicted octanol–water partition coefficient (Wildman–Crippen LogP) is 6.54. The van der Waals surface area contributed by atoms with Crippen LogP contribution < -0.4 is 10.6 Å². The lowest BCUT2D eigenvalue weighted by molar-refractivity contribution is -0.123. The molecule has 0 aromatic heterocycles. The van der Waals surface area contributed by atoms with Gasteiger partial charge in [-0.3, -0.25) is 19.4 Å². The fourth-order valence-electron chi connectivity index (χ4n) is 6.40. The van der Waals surface area contributed by atoms with Crippen LogP contribution in [0, 0.1) is 0 Å². The second-order valence-corrected chi connectivity index (χ2v) is 13.9. The molecule has 0 saturated carbocycles. The van der Waals surface area contributed by atoms with Crippen LogP contribution in [-0.4, -0.2) is 123 Å². The third kappa shape index (κ3) is 24.9. The van der Waals surface area contributed by atoms with Crippen LogP contribution in [0.4, 0.5) is 0 Å². The number of nitrogens with zero attached hydrogens (tertiary/aromatic N) is 4. The molecule has 2 amide bonds. The number of carbonyl (C=O) groups is 2. The highest BCUT2D eigenvalue weighted by Crippen LogP contribution is 2.07. The van der Waals surface area contributed by atoms with Crippen LogP contribution in [0.1, 0.15) is 143 Å². The number of piperazine rings is 1. The minimum absolute atomic E-state index is 0.189. The summed E-state index contributed by atoms with van der Waals surface area (Å²) in [6.45, 7) is 22.3. The van der Waals surface area contributed by atoms with E-state index in [4.69, 9.17) is 0 Å². The Balaban J connectivity index is 2.18. The molecule has 0 bridgehead atoms. The maximum absolute atomic E-state index is 12.7. The first-order valence-corrected chi connectivity index (χ1v) is 19.9. The molecule has 1 rings (SSSR count). The molecule has 1 aliphatic rings. The molecule has 272 valence electrons. The van der Waals surface area contributed by atoms with E-state index in [0.29, 0.717) is 13.1 Å². The predicted molar refractivity (Wildman–Crippen MR) is 198 cm³/mol. The van der Waals surface area contributed by atoms with Gasteiger partial charge in [-0.2, -0.15) is 0 Å². The van der Waals surface area contributed by atoms with Gasteiger partial charge in [-0.05, 0) is 77.8 Å². The number of nitrogens with one attached hydrogen (secondary N) is 2. The van der Waals surface area contributed by atoms with Crippen molar-refractivity contribution in [2.45, 2.75) is 143 Å². The molecule has 1 aliphatic heterocycles. The van der Waals surface area contributed by atoms with Crippen molar-refractivity contribution in [1.82, 2.24) is 30.2 Å². The molecule has 0 aromatic rings. The molecule has 1 heterocycles. The Kier molecular flexibility index (Phi) is 28.9. The first kappa shape index (κ1) is 42.8. The number of rotatable bonds is 32. The Morgan fingerprint density at radius 3 is 1.04 bits per heavy atom. The number of unbranched alkanes of at least 4 members (excludes halogenated alkanes) is 12. The fourth-order valence-corrected chi connectivity index (χ4v) is 6.40. The summed E-state index contributed by atoms with van der Waals surface area (Å²) >= 11 is 0. The highest BCUT2D eigenvalue weighted by Gasteiger charge is 2.17. The Hall–Kier alpha value is -1.22. The fraction of sp³-hybridized carbons (Fsp3) is 0.947. The van der Waals surface area contributed by atoms with E-state index in [0.717, 1.165) is 91.4 Å². The smallest absolute Gasteiger partial charge is 0.234 e. The molecule has 46 heavy (non-hydrogen) atoms. The third-order valence-electron chi connectivity index (χ3n) is 9.46. The van der Waals surface area contributed by atoms with Crippen molar-refractivity contribution >= 4 is 11.8 Å². The molecule has 0 spiro atoms. The average molecular weight is 651 g/mol. The van der Waals surface area contributed by atoms with E-state index >= 15 is 0 Å². The maximum atomic E-state index is 12.7. The van der Waals surface area contributed by atoms with Crippen LogP contribution in [0.5, 0.6) is 0 Å². The van der Waals surface area contributed by atoms with E-state index in [9.17, 15) is 9.59 Å². The zero-order valence-corrected chi connectivity index (χ0v) is 31.2. The lowest BCUT2D eigenvalue weighted by Gasteiger charge is -2.34. The van der Waals surface area contributed by atoms with Crippen LogP contribution >= 0.6 is 0 Å². The minimum Gasteiger partial charge on any atom is -0.355 e. The van der Waals surface area contributed by atoms with Gasteiger partial charge in [-0.1, -0.05) is 105 Å². The van der Waals surface area contributed by atoms with Crippen molar-refractivity contribution < 1.29 is 9.59 Å². The zero-order chi connectivity index (χ0) is 33.5. The summed E-state index contributed by atoms with van der Waals surface area (Å²) in [5.41, 5.74) is 0. The van der Waals surface area contributed by atoms with Gasteiger partial charge < -0.3 is 20.4 Å². The summed E-state index contributed by atoms with van der Waals surface area (Å²) in [6, 6.07) is 0. The van der Waals surface area contributed by atoms with Crippen molar-refractivity contribution in [2.24, 2.45) is 0 Å². The lowest BCUT2D eigenvalue weighted by Crippen LogP contribution is -2.47. The van der Waals surface area contributed by atoms with Crippen LogP contribution in [0.15, 0.2) is 0 Å². The molecule has 8 nitrogen and oxygen atoms in total. The molecular weight excluding hydrogens is 572 g/mol. The van der Waals surface area contributed by atoms with E-state index in [-0.39, 0.29) is 11.8 Å². The average Bonchev–Trinajstić information content (AvgIpc) is 3.06. The molecule has 0 atom stereocenters. The summed E-state index contributed by atoms with van der Waals surface area (Å²) in [5.74, 6) is 0.379. The topological polar surface area (TPSA) is 71.2 Å². The van der Waals surface area contributed by atoms with Gasteiger partial charge in [0.15, 0.2) is 0 Å². The normalized spacial score (nSPS) is 14.4. The van der Waals surface area contributed by atoms with Gasteiger partial charge in [0.2, 0.25) is 11.8 Å². The first-order valence-electron chi connectivity index (χ1n) is 19.9. The summed E-state index contributed by atoms with van der Waals surface area (Å²) in [5, 5.41) is 6.39. The Morgan fingerprint density at radius 2 is 0.761 bits per heavy atom. The largest absolute Gasteiger partial charge is 0.355 e. The van der Waals surface area contributed by atoms with Gasteiger partial charge in [0, 0.05) is 39.3 Å². The van der Waals surface area contributed by atoms with Gasteiger partial charge in [-0.15, -0.1) is 0 Å². The van der Waals surface area contributed by atoms with E-state index in [1.165, 1.54) is 103 Å². The molecule has 2 N–H and O–H groups in total. The summed E-state index contributed by atoms with van der Waals surface area (Å²) in [6.07, 6.45) is 22.1. The Labute approximate surface area is 286 Å². The Morgan fingerprint density at radius 1 is 0.457 bits per heavy atom. The molecule has 1 saturated heterocycles.